The topological polar surface area (TPSA) is 52.6 Å². The fourth-order valence-electron chi connectivity index (χ4n) is 2.61. The fraction of sp³-hybridized carbons (Fsp3) is 0.0952. The molecule has 0 spiro atoms. The van der Waals surface area contributed by atoms with Gasteiger partial charge in [-0.05, 0) is 48.4 Å². The van der Waals surface area contributed by atoms with Crippen LogP contribution < -0.4 is 15.0 Å². The Kier molecular flexibility index (Phi) is 4.53. The number of aryl methyl sites for hydroxylation is 1. The summed E-state index contributed by atoms with van der Waals surface area (Å²) in [5, 5.41) is 0. The smallest absolute Gasteiger partial charge is 0.216 e. The molecule has 1 N–H and O–H groups in total. The van der Waals surface area contributed by atoms with E-state index in [2.05, 4.69) is 10.5 Å². The van der Waals surface area contributed by atoms with Crippen LogP contribution >= 0.6 is 0 Å². The van der Waals surface area contributed by atoms with Crippen LogP contribution in [0.5, 0.6) is 17.2 Å². The van der Waals surface area contributed by atoms with Gasteiger partial charge >= 0.3 is 0 Å². The second-order valence-corrected chi connectivity index (χ2v) is 5.96. The van der Waals surface area contributed by atoms with E-state index in [1.165, 1.54) is 0 Å². The zero-order valence-corrected chi connectivity index (χ0v) is 14.3. The van der Waals surface area contributed by atoms with Crippen molar-refractivity contribution in [1.29, 1.82) is 0 Å². The molecule has 0 unspecified atom stereocenters. The Morgan fingerprint density at radius 1 is 0.885 bits per heavy atom. The van der Waals surface area contributed by atoms with Crippen LogP contribution in [-0.4, -0.2) is 4.98 Å². The number of hydrogen-bond acceptors (Lipinski definition) is 5. The molecule has 0 saturated heterocycles. The minimum atomic E-state index is -0.228. The standard InChI is InChI=1S/C21H18N2O3/c1-15-11-19(14-22-13-15)25-21-12-20(26-23-21)16-7-9-18(10-8-16)24-17-5-3-2-4-6-17/h2-14,20,23H,1H3/t20-/m0/s1. The lowest BCUT2D eigenvalue weighted by molar-refractivity contribution is 0.0273. The molecule has 2 heterocycles. The van der Waals surface area contributed by atoms with Crippen LogP contribution in [0.2, 0.25) is 0 Å². The van der Waals surface area contributed by atoms with Gasteiger partial charge in [-0.15, -0.1) is 0 Å². The van der Waals surface area contributed by atoms with E-state index in [1.807, 2.05) is 73.7 Å². The van der Waals surface area contributed by atoms with Gasteiger partial charge in [0.25, 0.3) is 0 Å². The van der Waals surface area contributed by atoms with Gasteiger partial charge in [-0.25, -0.2) is 5.48 Å². The number of benzene rings is 2. The van der Waals surface area contributed by atoms with Gasteiger partial charge in [-0.3, -0.25) is 9.82 Å². The van der Waals surface area contributed by atoms with Crippen molar-refractivity contribution < 1.29 is 14.3 Å². The molecule has 0 amide bonds. The predicted octanol–water partition coefficient (Wildman–Crippen LogP) is 4.68. The Hall–Kier alpha value is -3.31. The molecular formula is C21H18N2O3. The van der Waals surface area contributed by atoms with Crippen LogP contribution in [0.3, 0.4) is 0 Å². The number of para-hydroxylation sites is 1. The van der Waals surface area contributed by atoms with Gasteiger partial charge in [-0.2, -0.15) is 0 Å². The molecule has 0 aliphatic carbocycles. The summed E-state index contributed by atoms with van der Waals surface area (Å²) < 4.78 is 11.6. The first-order chi connectivity index (χ1) is 12.8. The summed E-state index contributed by atoms with van der Waals surface area (Å²) in [6, 6.07) is 19.4. The molecule has 3 aromatic rings. The van der Waals surface area contributed by atoms with E-state index in [-0.39, 0.29) is 6.10 Å². The Balaban J connectivity index is 1.42. The van der Waals surface area contributed by atoms with E-state index in [4.69, 9.17) is 14.3 Å². The highest BCUT2D eigenvalue weighted by Crippen LogP contribution is 2.28. The first kappa shape index (κ1) is 16.2. The zero-order valence-electron chi connectivity index (χ0n) is 14.3. The lowest BCUT2D eigenvalue weighted by atomic mass is 10.1. The summed E-state index contributed by atoms with van der Waals surface area (Å²) in [5.41, 5.74) is 4.84. The van der Waals surface area contributed by atoms with E-state index >= 15 is 0 Å². The van der Waals surface area contributed by atoms with Crippen molar-refractivity contribution in [3.05, 3.63) is 96.1 Å². The van der Waals surface area contributed by atoms with Gasteiger partial charge in [-0.1, -0.05) is 30.3 Å². The Morgan fingerprint density at radius 2 is 1.65 bits per heavy atom. The predicted molar refractivity (Wildman–Crippen MR) is 97.6 cm³/mol. The minimum Gasteiger partial charge on any atom is -0.457 e. The van der Waals surface area contributed by atoms with E-state index in [9.17, 15) is 0 Å². The summed E-state index contributed by atoms with van der Waals surface area (Å²) >= 11 is 0. The Labute approximate surface area is 151 Å². The SMILES string of the molecule is Cc1cncc(OC2=C[C@@H](c3ccc(Oc4ccccc4)cc3)ON2)c1. The number of hydroxylamine groups is 1. The van der Waals surface area contributed by atoms with E-state index in [0.29, 0.717) is 11.6 Å². The lowest BCUT2D eigenvalue weighted by Gasteiger charge is -2.09. The van der Waals surface area contributed by atoms with Gasteiger partial charge < -0.3 is 9.47 Å². The molecule has 1 aromatic heterocycles. The van der Waals surface area contributed by atoms with Crippen molar-refractivity contribution in [3.8, 4) is 17.2 Å². The molecule has 4 rings (SSSR count). The number of rotatable bonds is 5. The molecule has 0 fully saturated rings. The number of nitrogens with zero attached hydrogens (tertiary/aromatic N) is 1. The number of aromatic nitrogens is 1. The fourth-order valence-corrected chi connectivity index (χ4v) is 2.61. The summed E-state index contributed by atoms with van der Waals surface area (Å²) in [6.07, 6.45) is 5.10. The Bertz CT molecular complexity index is 908. The van der Waals surface area contributed by atoms with Crippen molar-refractivity contribution in [2.75, 3.05) is 0 Å². The summed E-state index contributed by atoms with van der Waals surface area (Å²) in [6.45, 7) is 1.97. The molecule has 5 heteroatoms. The third-order valence-corrected chi connectivity index (χ3v) is 3.85. The van der Waals surface area contributed by atoms with Crippen molar-refractivity contribution in [2.45, 2.75) is 13.0 Å². The van der Waals surface area contributed by atoms with Crippen LogP contribution in [0.25, 0.3) is 0 Å². The van der Waals surface area contributed by atoms with Crippen LogP contribution in [0.4, 0.5) is 0 Å². The van der Waals surface area contributed by atoms with E-state index in [0.717, 1.165) is 22.6 Å². The molecule has 0 radical (unpaired) electrons. The second kappa shape index (κ2) is 7.29. The van der Waals surface area contributed by atoms with Gasteiger partial charge in [0.05, 0.1) is 6.20 Å². The maximum Gasteiger partial charge on any atom is 0.216 e. The summed E-state index contributed by atoms with van der Waals surface area (Å²) in [5.74, 6) is 2.80. The number of nitrogens with one attached hydrogen (secondary N) is 1. The minimum absolute atomic E-state index is 0.228. The average Bonchev–Trinajstić information content (AvgIpc) is 3.12. The quantitative estimate of drug-likeness (QED) is 0.727. The second-order valence-electron chi connectivity index (χ2n) is 5.96. The van der Waals surface area contributed by atoms with Crippen molar-refractivity contribution >= 4 is 0 Å². The molecule has 26 heavy (non-hydrogen) atoms. The normalized spacial score (nSPS) is 15.9. The van der Waals surface area contributed by atoms with Crippen molar-refractivity contribution in [1.82, 2.24) is 10.5 Å². The highest BCUT2D eigenvalue weighted by atomic mass is 16.7. The molecule has 1 aliphatic rings. The molecule has 5 nitrogen and oxygen atoms in total. The van der Waals surface area contributed by atoms with Crippen LogP contribution in [0.15, 0.2) is 85.0 Å². The number of ether oxygens (including phenoxy) is 2. The highest BCUT2D eigenvalue weighted by Gasteiger charge is 2.20. The van der Waals surface area contributed by atoms with E-state index in [1.54, 1.807) is 12.4 Å². The van der Waals surface area contributed by atoms with Gasteiger partial charge in [0.15, 0.2) is 0 Å². The van der Waals surface area contributed by atoms with Gasteiger partial charge in [0.2, 0.25) is 5.88 Å². The van der Waals surface area contributed by atoms with E-state index < -0.39 is 0 Å². The zero-order chi connectivity index (χ0) is 17.8. The summed E-state index contributed by atoms with van der Waals surface area (Å²) in [4.78, 5) is 9.70. The third kappa shape index (κ3) is 3.84. The molecule has 0 saturated carbocycles. The molecule has 2 aromatic carbocycles. The van der Waals surface area contributed by atoms with Gasteiger partial charge in [0, 0.05) is 12.3 Å². The number of pyridine rings is 1. The Morgan fingerprint density at radius 3 is 2.42 bits per heavy atom. The van der Waals surface area contributed by atoms with Gasteiger partial charge in [0.1, 0.15) is 23.4 Å². The van der Waals surface area contributed by atoms with Crippen LogP contribution in [0, 0.1) is 6.92 Å². The maximum absolute atomic E-state index is 5.80. The molecule has 0 bridgehead atoms. The molecular weight excluding hydrogens is 328 g/mol. The molecule has 130 valence electrons. The molecule has 1 atom stereocenters. The monoisotopic (exact) mass is 346 g/mol. The third-order valence-electron chi connectivity index (χ3n) is 3.85. The van der Waals surface area contributed by atoms with Crippen LogP contribution in [0.1, 0.15) is 17.2 Å². The first-order valence-corrected chi connectivity index (χ1v) is 8.32. The highest BCUT2D eigenvalue weighted by molar-refractivity contribution is 5.35. The maximum atomic E-state index is 5.80. The first-order valence-electron chi connectivity index (χ1n) is 8.32. The largest absolute Gasteiger partial charge is 0.457 e. The lowest BCUT2D eigenvalue weighted by Crippen LogP contribution is -2.12. The van der Waals surface area contributed by atoms with Crippen molar-refractivity contribution in [3.63, 3.8) is 0 Å². The molecule has 1 aliphatic heterocycles. The average molecular weight is 346 g/mol. The van der Waals surface area contributed by atoms with Crippen LogP contribution in [-0.2, 0) is 4.84 Å². The van der Waals surface area contributed by atoms with Crippen molar-refractivity contribution in [2.24, 2.45) is 0 Å². The summed E-state index contributed by atoms with van der Waals surface area (Å²) in [7, 11) is 0. The number of hydrogen-bond donors (Lipinski definition) is 1.